The summed E-state index contributed by atoms with van der Waals surface area (Å²) in [7, 11) is 0. The molecule has 5 heteroatoms. The van der Waals surface area contributed by atoms with Crippen LogP contribution in [0.2, 0.25) is 0 Å². The van der Waals surface area contributed by atoms with Gasteiger partial charge < -0.3 is 15.0 Å². The van der Waals surface area contributed by atoms with Crippen molar-refractivity contribution in [3.8, 4) is 0 Å². The van der Waals surface area contributed by atoms with E-state index in [0.29, 0.717) is 0 Å². The minimum Gasteiger partial charge on any atom is -0.480 e. The van der Waals surface area contributed by atoms with Crippen molar-refractivity contribution in [1.29, 1.82) is 0 Å². The van der Waals surface area contributed by atoms with Gasteiger partial charge in [0.15, 0.2) is 0 Å². The van der Waals surface area contributed by atoms with Crippen molar-refractivity contribution in [2.75, 3.05) is 6.54 Å². The molecule has 0 amide bonds. The van der Waals surface area contributed by atoms with Gasteiger partial charge in [-0.3, -0.25) is 4.79 Å². The Bertz CT molecular complexity index is 258. The van der Waals surface area contributed by atoms with Crippen LogP contribution in [-0.4, -0.2) is 33.2 Å². The third-order valence-corrected chi connectivity index (χ3v) is 1.65. The quantitative estimate of drug-likeness (QED) is 0.671. The predicted octanol–water partition coefficient (Wildman–Crippen LogP) is -0.0542. The SMILES string of the molecule is CC(Cn1ccnc1)NCC(=O)O. The zero-order chi connectivity index (χ0) is 9.68. The Labute approximate surface area is 76.4 Å². The van der Waals surface area contributed by atoms with Crippen LogP contribution in [0.15, 0.2) is 18.7 Å². The van der Waals surface area contributed by atoms with Gasteiger partial charge in [-0.2, -0.15) is 0 Å². The number of aliphatic carboxylic acids is 1. The number of carbonyl (C=O) groups is 1. The number of nitrogens with zero attached hydrogens (tertiary/aromatic N) is 2. The Hall–Kier alpha value is -1.36. The summed E-state index contributed by atoms with van der Waals surface area (Å²) in [5.74, 6) is -0.836. The lowest BCUT2D eigenvalue weighted by Crippen LogP contribution is -2.34. The molecule has 0 aliphatic heterocycles. The second-order valence-corrected chi connectivity index (χ2v) is 2.94. The van der Waals surface area contributed by atoms with E-state index < -0.39 is 5.97 Å². The predicted molar refractivity (Wildman–Crippen MR) is 47.3 cm³/mol. The number of hydrogen-bond acceptors (Lipinski definition) is 3. The van der Waals surface area contributed by atoms with Gasteiger partial charge in [0.1, 0.15) is 0 Å². The van der Waals surface area contributed by atoms with E-state index in [-0.39, 0.29) is 12.6 Å². The molecule has 1 atom stereocenters. The number of aromatic nitrogens is 2. The van der Waals surface area contributed by atoms with Crippen molar-refractivity contribution < 1.29 is 9.90 Å². The van der Waals surface area contributed by atoms with E-state index in [4.69, 9.17) is 5.11 Å². The Morgan fingerprint density at radius 1 is 1.77 bits per heavy atom. The van der Waals surface area contributed by atoms with Crippen molar-refractivity contribution >= 4 is 5.97 Å². The Kier molecular flexibility index (Phi) is 3.45. The van der Waals surface area contributed by atoms with Crippen LogP contribution in [0.25, 0.3) is 0 Å². The largest absolute Gasteiger partial charge is 0.480 e. The van der Waals surface area contributed by atoms with Crippen LogP contribution in [-0.2, 0) is 11.3 Å². The third kappa shape index (κ3) is 3.71. The van der Waals surface area contributed by atoms with E-state index in [0.717, 1.165) is 6.54 Å². The molecule has 0 aromatic carbocycles. The first-order valence-electron chi connectivity index (χ1n) is 4.09. The smallest absolute Gasteiger partial charge is 0.317 e. The first kappa shape index (κ1) is 9.73. The van der Waals surface area contributed by atoms with E-state index in [1.807, 2.05) is 17.7 Å². The standard InChI is InChI=1S/C8H13N3O2/c1-7(10-4-8(12)13)5-11-3-2-9-6-11/h2-3,6-7,10H,4-5H2,1H3,(H,12,13). The van der Waals surface area contributed by atoms with Crippen LogP contribution in [0.4, 0.5) is 0 Å². The van der Waals surface area contributed by atoms with Crippen LogP contribution in [0, 0.1) is 0 Å². The normalized spacial score (nSPS) is 12.7. The molecule has 2 N–H and O–H groups in total. The van der Waals surface area contributed by atoms with E-state index in [2.05, 4.69) is 10.3 Å². The van der Waals surface area contributed by atoms with Crippen molar-refractivity contribution in [3.05, 3.63) is 18.7 Å². The van der Waals surface area contributed by atoms with Crippen LogP contribution < -0.4 is 5.32 Å². The first-order chi connectivity index (χ1) is 6.18. The van der Waals surface area contributed by atoms with Gasteiger partial charge in [-0.15, -0.1) is 0 Å². The van der Waals surface area contributed by atoms with Crippen LogP contribution in [0.5, 0.6) is 0 Å². The Morgan fingerprint density at radius 3 is 3.08 bits per heavy atom. The molecular formula is C8H13N3O2. The third-order valence-electron chi connectivity index (χ3n) is 1.65. The maximum Gasteiger partial charge on any atom is 0.317 e. The van der Waals surface area contributed by atoms with Gasteiger partial charge in [0.2, 0.25) is 0 Å². The molecule has 1 heterocycles. The summed E-state index contributed by atoms with van der Waals surface area (Å²) in [5.41, 5.74) is 0. The summed E-state index contributed by atoms with van der Waals surface area (Å²) in [6.45, 7) is 2.66. The van der Waals surface area contributed by atoms with E-state index in [9.17, 15) is 4.79 Å². The molecule has 1 aromatic rings. The maximum atomic E-state index is 10.2. The summed E-state index contributed by atoms with van der Waals surface area (Å²) in [4.78, 5) is 14.1. The summed E-state index contributed by atoms with van der Waals surface area (Å²) >= 11 is 0. The molecule has 13 heavy (non-hydrogen) atoms. The average Bonchev–Trinajstić information content (AvgIpc) is 2.53. The zero-order valence-electron chi connectivity index (χ0n) is 7.47. The lowest BCUT2D eigenvalue weighted by atomic mass is 10.3. The minimum atomic E-state index is -0.836. The molecule has 5 nitrogen and oxygen atoms in total. The highest BCUT2D eigenvalue weighted by Gasteiger charge is 2.03. The average molecular weight is 183 g/mol. The molecule has 0 saturated heterocycles. The summed E-state index contributed by atoms with van der Waals surface area (Å²) in [6, 6.07) is 0.130. The van der Waals surface area contributed by atoms with Crippen molar-refractivity contribution in [3.63, 3.8) is 0 Å². The molecular weight excluding hydrogens is 170 g/mol. The fourth-order valence-electron chi connectivity index (χ4n) is 1.04. The molecule has 72 valence electrons. The maximum absolute atomic E-state index is 10.2. The molecule has 0 fully saturated rings. The van der Waals surface area contributed by atoms with Gasteiger partial charge in [0.25, 0.3) is 0 Å². The van der Waals surface area contributed by atoms with Crippen molar-refractivity contribution in [2.45, 2.75) is 19.5 Å². The van der Waals surface area contributed by atoms with Crippen molar-refractivity contribution in [1.82, 2.24) is 14.9 Å². The second-order valence-electron chi connectivity index (χ2n) is 2.94. The molecule has 1 aromatic heterocycles. The van der Waals surface area contributed by atoms with E-state index >= 15 is 0 Å². The summed E-state index contributed by atoms with van der Waals surface area (Å²) in [5, 5.41) is 11.3. The molecule has 0 aliphatic carbocycles. The number of nitrogens with one attached hydrogen (secondary N) is 1. The van der Waals surface area contributed by atoms with Crippen LogP contribution >= 0.6 is 0 Å². The minimum absolute atomic E-state index is 0.00410. The molecule has 0 aliphatic rings. The van der Waals surface area contributed by atoms with E-state index in [1.165, 1.54) is 0 Å². The molecule has 0 bridgehead atoms. The van der Waals surface area contributed by atoms with Crippen LogP contribution in [0.1, 0.15) is 6.92 Å². The lowest BCUT2D eigenvalue weighted by molar-refractivity contribution is -0.136. The van der Waals surface area contributed by atoms with Crippen molar-refractivity contribution in [2.24, 2.45) is 0 Å². The van der Waals surface area contributed by atoms with Gasteiger partial charge in [-0.1, -0.05) is 0 Å². The fourth-order valence-corrected chi connectivity index (χ4v) is 1.04. The second kappa shape index (κ2) is 4.61. The first-order valence-corrected chi connectivity index (χ1v) is 4.09. The van der Waals surface area contributed by atoms with E-state index in [1.54, 1.807) is 12.5 Å². The highest BCUT2D eigenvalue weighted by molar-refractivity contribution is 5.69. The number of carboxylic acids is 1. The van der Waals surface area contributed by atoms with Crippen LogP contribution in [0.3, 0.4) is 0 Å². The Balaban J connectivity index is 2.25. The zero-order valence-corrected chi connectivity index (χ0v) is 7.47. The highest BCUT2D eigenvalue weighted by atomic mass is 16.4. The Morgan fingerprint density at radius 2 is 2.54 bits per heavy atom. The van der Waals surface area contributed by atoms with Gasteiger partial charge in [-0.25, -0.2) is 4.98 Å². The molecule has 0 saturated carbocycles. The molecule has 0 spiro atoms. The number of carboxylic acid groups (broad SMARTS) is 1. The van der Waals surface area contributed by atoms with Gasteiger partial charge in [0, 0.05) is 25.0 Å². The highest BCUT2D eigenvalue weighted by Crippen LogP contribution is 1.90. The summed E-state index contributed by atoms with van der Waals surface area (Å²) in [6.07, 6.45) is 5.25. The fraction of sp³-hybridized carbons (Fsp3) is 0.500. The number of rotatable bonds is 5. The number of imidazole rings is 1. The monoisotopic (exact) mass is 183 g/mol. The number of hydrogen-bond donors (Lipinski definition) is 2. The van der Waals surface area contributed by atoms with Gasteiger partial charge >= 0.3 is 5.97 Å². The van der Waals surface area contributed by atoms with Gasteiger partial charge in [-0.05, 0) is 6.92 Å². The summed E-state index contributed by atoms with van der Waals surface area (Å²) < 4.78 is 1.90. The lowest BCUT2D eigenvalue weighted by Gasteiger charge is -2.12. The molecule has 0 radical (unpaired) electrons. The molecule has 1 rings (SSSR count). The molecule has 1 unspecified atom stereocenters. The topological polar surface area (TPSA) is 67.2 Å². The van der Waals surface area contributed by atoms with Gasteiger partial charge in [0.05, 0.1) is 12.9 Å².